The summed E-state index contributed by atoms with van der Waals surface area (Å²) in [6.07, 6.45) is 4.51. The number of para-hydroxylation sites is 1. The second kappa shape index (κ2) is 7.25. The van der Waals surface area contributed by atoms with Crippen LogP contribution in [-0.2, 0) is 12.8 Å². The zero-order valence-corrected chi connectivity index (χ0v) is 16.2. The Hall–Kier alpha value is -3.32. The maximum absolute atomic E-state index is 13.4. The van der Waals surface area contributed by atoms with E-state index in [4.69, 9.17) is 4.98 Å². The van der Waals surface area contributed by atoms with E-state index >= 15 is 0 Å². The summed E-state index contributed by atoms with van der Waals surface area (Å²) in [4.78, 5) is 20.1. The molecule has 0 saturated heterocycles. The Kier molecular flexibility index (Phi) is 4.44. The lowest BCUT2D eigenvalue weighted by molar-refractivity contribution is 0.628. The van der Waals surface area contributed by atoms with Crippen molar-refractivity contribution in [3.05, 3.63) is 86.8 Å². The van der Waals surface area contributed by atoms with Crippen LogP contribution in [0.25, 0.3) is 10.2 Å². The summed E-state index contributed by atoms with van der Waals surface area (Å²) in [7, 11) is 0. The van der Waals surface area contributed by atoms with Gasteiger partial charge in [0.05, 0.1) is 11.6 Å². The predicted molar refractivity (Wildman–Crippen MR) is 115 cm³/mol. The molecule has 4 aromatic rings. The number of rotatable bonds is 4. The molecule has 2 aromatic carbocycles. The van der Waals surface area contributed by atoms with E-state index in [1.165, 1.54) is 27.9 Å². The van der Waals surface area contributed by atoms with Crippen LogP contribution >= 0.6 is 11.3 Å². The van der Waals surface area contributed by atoms with Crippen LogP contribution in [-0.4, -0.2) is 15.9 Å². The monoisotopic (exact) mass is 404 g/mol. The largest absolute Gasteiger partial charge is 0.324 e. The van der Waals surface area contributed by atoms with Crippen molar-refractivity contribution in [3.8, 4) is 0 Å². The lowest BCUT2D eigenvalue weighted by atomic mass is 10.2. The second-order valence-electron chi connectivity index (χ2n) is 6.88. The normalized spacial score (nSPS) is 13.3. The van der Waals surface area contributed by atoms with Crippen molar-refractivity contribution in [1.29, 1.82) is 0 Å². The van der Waals surface area contributed by atoms with E-state index in [1.54, 1.807) is 23.5 Å². The van der Waals surface area contributed by atoms with Crippen LogP contribution in [0.3, 0.4) is 0 Å². The number of benzene rings is 2. The summed E-state index contributed by atoms with van der Waals surface area (Å²) in [5, 5.41) is 8.26. The third-order valence-corrected chi connectivity index (χ3v) is 6.12. The molecule has 0 spiro atoms. The summed E-state index contributed by atoms with van der Waals surface area (Å²) in [5.74, 6) is 0.0367. The SMILES string of the molecule is O=c1c2c3c(sc2nc(Nc2ccccc2)n1/N=C/c1ccc(F)cc1)CCC3. The van der Waals surface area contributed by atoms with Gasteiger partial charge in [0.15, 0.2) is 0 Å². The number of anilines is 2. The van der Waals surface area contributed by atoms with Crippen LogP contribution in [0.1, 0.15) is 22.4 Å². The zero-order valence-electron chi connectivity index (χ0n) is 15.4. The number of aromatic nitrogens is 2. The average Bonchev–Trinajstić information content (AvgIpc) is 3.30. The fraction of sp³-hybridized carbons (Fsp3) is 0.136. The van der Waals surface area contributed by atoms with Gasteiger partial charge >= 0.3 is 0 Å². The van der Waals surface area contributed by atoms with E-state index in [-0.39, 0.29) is 11.4 Å². The Morgan fingerprint density at radius 2 is 1.90 bits per heavy atom. The Bertz CT molecular complexity index is 1280. The minimum Gasteiger partial charge on any atom is -0.324 e. The van der Waals surface area contributed by atoms with Crippen molar-refractivity contribution in [3.63, 3.8) is 0 Å². The van der Waals surface area contributed by atoms with Gasteiger partial charge in [-0.2, -0.15) is 9.78 Å². The molecule has 0 fully saturated rings. The highest BCUT2D eigenvalue weighted by molar-refractivity contribution is 7.18. The molecular formula is C22H17FN4OS. The van der Waals surface area contributed by atoms with E-state index in [9.17, 15) is 9.18 Å². The molecule has 5 rings (SSSR count). The highest BCUT2D eigenvalue weighted by Gasteiger charge is 2.23. The Labute approximate surface area is 170 Å². The third-order valence-electron chi connectivity index (χ3n) is 4.94. The molecule has 2 heterocycles. The third kappa shape index (κ3) is 3.34. The second-order valence-corrected chi connectivity index (χ2v) is 7.96. The van der Waals surface area contributed by atoms with Crippen molar-refractivity contribution >= 4 is 39.4 Å². The fourth-order valence-corrected chi connectivity index (χ4v) is 4.80. The average molecular weight is 404 g/mol. The van der Waals surface area contributed by atoms with Crippen LogP contribution in [0, 0.1) is 5.82 Å². The number of aryl methyl sites for hydroxylation is 2. The summed E-state index contributed by atoms with van der Waals surface area (Å²) < 4.78 is 14.5. The fourth-order valence-electron chi connectivity index (χ4n) is 3.55. The van der Waals surface area contributed by atoms with Gasteiger partial charge in [0.2, 0.25) is 5.95 Å². The molecule has 0 radical (unpaired) electrons. The number of hydrogen-bond donors (Lipinski definition) is 1. The van der Waals surface area contributed by atoms with Gasteiger partial charge in [-0.05, 0) is 54.7 Å². The number of nitrogens with zero attached hydrogens (tertiary/aromatic N) is 3. The minimum atomic E-state index is -0.317. The molecule has 0 unspecified atom stereocenters. The Balaban J connectivity index is 1.66. The van der Waals surface area contributed by atoms with E-state index in [0.717, 1.165) is 35.3 Å². The summed E-state index contributed by atoms with van der Waals surface area (Å²) in [6.45, 7) is 0. The van der Waals surface area contributed by atoms with Gasteiger partial charge in [0, 0.05) is 10.6 Å². The molecule has 0 bridgehead atoms. The topological polar surface area (TPSA) is 59.3 Å². The Morgan fingerprint density at radius 3 is 2.69 bits per heavy atom. The molecule has 2 aromatic heterocycles. The van der Waals surface area contributed by atoms with E-state index in [0.29, 0.717) is 16.9 Å². The minimum absolute atomic E-state index is 0.189. The summed E-state index contributed by atoms with van der Waals surface area (Å²) in [5.41, 5.74) is 2.43. The summed E-state index contributed by atoms with van der Waals surface area (Å²) in [6, 6.07) is 15.5. The first-order chi connectivity index (χ1) is 14.2. The first-order valence-corrected chi connectivity index (χ1v) is 10.2. The van der Waals surface area contributed by atoms with Crippen LogP contribution in [0.4, 0.5) is 16.0 Å². The summed E-state index contributed by atoms with van der Waals surface area (Å²) >= 11 is 1.59. The van der Waals surface area contributed by atoms with Crippen molar-refractivity contribution in [2.24, 2.45) is 5.10 Å². The van der Waals surface area contributed by atoms with Crippen LogP contribution in [0.2, 0.25) is 0 Å². The molecular weight excluding hydrogens is 387 g/mol. The molecule has 0 saturated carbocycles. The lowest BCUT2D eigenvalue weighted by Gasteiger charge is -2.10. The van der Waals surface area contributed by atoms with Crippen LogP contribution < -0.4 is 10.9 Å². The molecule has 7 heteroatoms. The van der Waals surface area contributed by atoms with Crippen molar-refractivity contribution in [2.75, 3.05) is 5.32 Å². The number of halogens is 1. The molecule has 1 N–H and O–H groups in total. The first-order valence-electron chi connectivity index (χ1n) is 9.38. The maximum Gasteiger partial charge on any atom is 0.284 e. The van der Waals surface area contributed by atoms with Gasteiger partial charge in [0.25, 0.3) is 5.56 Å². The standard InChI is InChI=1S/C22H17FN4OS/c23-15-11-9-14(10-12-15)13-24-27-21(28)19-17-7-4-8-18(17)29-20(19)26-22(27)25-16-5-2-1-3-6-16/h1-3,5-6,9-13H,4,7-8H2,(H,25,26)/b24-13+. The van der Waals surface area contributed by atoms with E-state index < -0.39 is 0 Å². The van der Waals surface area contributed by atoms with E-state index in [1.807, 2.05) is 30.3 Å². The zero-order chi connectivity index (χ0) is 19.8. The Morgan fingerprint density at radius 1 is 1.10 bits per heavy atom. The van der Waals surface area contributed by atoms with Crippen molar-refractivity contribution < 1.29 is 4.39 Å². The highest BCUT2D eigenvalue weighted by atomic mass is 32.1. The number of fused-ring (bicyclic) bond motifs is 3. The molecule has 5 nitrogen and oxygen atoms in total. The van der Waals surface area contributed by atoms with Crippen molar-refractivity contribution in [2.45, 2.75) is 19.3 Å². The number of hydrogen-bond acceptors (Lipinski definition) is 5. The predicted octanol–water partition coefficient (Wildman–Crippen LogP) is 4.71. The molecule has 1 aliphatic carbocycles. The molecule has 144 valence electrons. The highest BCUT2D eigenvalue weighted by Crippen LogP contribution is 2.35. The van der Waals surface area contributed by atoms with Gasteiger partial charge < -0.3 is 5.32 Å². The quantitative estimate of drug-likeness (QED) is 0.501. The molecule has 0 aliphatic heterocycles. The number of thiophene rings is 1. The van der Waals surface area contributed by atoms with Gasteiger partial charge in [-0.1, -0.05) is 30.3 Å². The van der Waals surface area contributed by atoms with Gasteiger partial charge in [-0.25, -0.2) is 9.37 Å². The molecule has 1 aliphatic rings. The first kappa shape index (κ1) is 17.8. The van der Waals surface area contributed by atoms with Crippen LogP contribution in [0.15, 0.2) is 64.5 Å². The van der Waals surface area contributed by atoms with Crippen LogP contribution in [0.5, 0.6) is 0 Å². The maximum atomic E-state index is 13.4. The number of nitrogens with one attached hydrogen (secondary N) is 1. The van der Waals surface area contributed by atoms with E-state index in [2.05, 4.69) is 10.4 Å². The lowest BCUT2D eigenvalue weighted by Crippen LogP contribution is -2.21. The molecule has 29 heavy (non-hydrogen) atoms. The van der Waals surface area contributed by atoms with Gasteiger partial charge in [-0.15, -0.1) is 11.3 Å². The van der Waals surface area contributed by atoms with Gasteiger partial charge in [-0.3, -0.25) is 4.79 Å². The molecule has 0 atom stereocenters. The van der Waals surface area contributed by atoms with Crippen molar-refractivity contribution in [1.82, 2.24) is 9.66 Å². The van der Waals surface area contributed by atoms with Gasteiger partial charge in [0.1, 0.15) is 10.6 Å². The molecule has 0 amide bonds. The smallest absolute Gasteiger partial charge is 0.284 e.